The molecule has 1 N–H and O–H groups in total. The molecule has 0 aliphatic carbocycles. The predicted octanol–water partition coefficient (Wildman–Crippen LogP) is 0.645. The van der Waals surface area contributed by atoms with E-state index in [0.717, 1.165) is 5.69 Å². The molecule has 1 aromatic heterocycles. The molecule has 72 valence electrons. The van der Waals surface area contributed by atoms with E-state index in [1.807, 2.05) is 11.9 Å². The highest BCUT2D eigenvalue weighted by atomic mass is 19.1. The van der Waals surface area contributed by atoms with E-state index < -0.39 is 0 Å². The Morgan fingerprint density at radius 2 is 2.31 bits per heavy atom. The van der Waals surface area contributed by atoms with Crippen LogP contribution in [0.3, 0.4) is 0 Å². The molecule has 0 bridgehead atoms. The number of hydrogen-bond acceptors (Lipinski definition) is 3. The second-order valence-corrected chi connectivity index (χ2v) is 2.93. The van der Waals surface area contributed by atoms with Crippen molar-refractivity contribution in [1.29, 1.82) is 0 Å². The van der Waals surface area contributed by atoms with E-state index in [2.05, 4.69) is 4.98 Å². The second-order valence-electron chi connectivity index (χ2n) is 2.93. The summed E-state index contributed by atoms with van der Waals surface area (Å²) in [5.74, 6) is -0.325. The van der Waals surface area contributed by atoms with Crippen LogP contribution >= 0.6 is 0 Å². The van der Waals surface area contributed by atoms with Gasteiger partial charge >= 0.3 is 0 Å². The molecule has 0 spiro atoms. The van der Waals surface area contributed by atoms with Crippen LogP contribution in [0, 0.1) is 5.82 Å². The number of hydrogen-bond donors (Lipinski definition) is 1. The molecule has 0 atom stereocenters. The topological polar surface area (TPSA) is 36.4 Å². The average Bonchev–Trinajstić information content (AvgIpc) is 2.09. The van der Waals surface area contributed by atoms with Gasteiger partial charge in [0.2, 0.25) is 0 Å². The van der Waals surface area contributed by atoms with Gasteiger partial charge in [0.25, 0.3) is 0 Å². The van der Waals surface area contributed by atoms with Crippen LogP contribution in [-0.2, 0) is 6.54 Å². The fraction of sp³-hybridized carbons (Fsp3) is 0.444. The Labute approximate surface area is 76.8 Å². The van der Waals surface area contributed by atoms with Crippen molar-refractivity contribution < 1.29 is 9.50 Å². The third kappa shape index (κ3) is 3.48. The number of likely N-dealkylation sites (N-methyl/N-ethyl adjacent to an activating group) is 1. The van der Waals surface area contributed by atoms with Crippen molar-refractivity contribution in [3.05, 3.63) is 29.8 Å². The quantitative estimate of drug-likeness (QED) is 0.746. The summed E-state index contributed by atoms with van der Waals surface area (Å²) < 4.78 is 12.5. The van der Waals surface area contributed by atoms with E-state index in [4.69, 9.17) is 5.11 Å². The Hall–Kier alpha value is -1.00. The summed E-state index contributed by atoms with van der Waals surface area (Å²) in [5, 5.41) is 8.64. The first-order chi connectivity index (χ1) is 6.22. The van der Waals surface area contributed by atoms with Gasteiger partial charge < -0.3 is 5.11 Å². The van der Waals surface area contributed by atoms with Crippen LogP contribution in [0.15, 0.2) is 18.3 Å². The maximum absolute atomic E-state index is 12.5. The van der Waals surface area contributed by atoms with Gasteiger partial charge in [-0.3, -0.25) is 9.88 Å². The molecule has 0 aromatic carbocycles. The van der Waals surface area contributed by atoms with Crippen molar-refractivity contribution in [1.82, 2.24) is 9.88 Å². The van der Waals surface area contributed by atoms with Crippen LogP contribution in [0.25, 0.3) is 0 Å². The molecular formula is C9H13FN2O. The molecule has 1 rings (SSSR count). The smallest absolute Gasteiger partial charge is 0.141 e. The highest BCUT2D eigenvalue weighted by Gasteiger charge is 2.00. The first-order valence-corrected chi connectivity index (χ1v) is 4.12. The van der Waals surface area contributed by atoms with E-state index in [-0.39, 0.29) is 12.4 Å². The lowest BCUT2D eigenvalue weighted by molar-refractivity contribution is 0.216. The van der Waals surface area contributed by atoms with E-state index in [1.54, 1.807) is 6.07 Å². The third-order valence-electron chi connectivity index (χ3n) is 1.70. The Kier molecular flexibility index (Phi) is 3.79. The monoisotopic (exact) mass is 184 g/mol. The minimum absolute atomic E-state index is 0.123. The summed E-state index contributed by atoms with van der Waals surface area (Å²) in [6, 6.07) is 3.03. The number of aliphatic hydroxyl groups excluding tert-OH is 1. The van der Waals surface area contributed by atoms with Crippen LogP contribution in [0.5, 0.6) is 0 Å². The van der Waals surface area contributed by atoms with Crippen LogP contribution in [0.4, 0.5) is 4.39 Å². The van der Waals surface area contributed by atoms with Crippen LogP contribution < -0.4 is 0 Å². The molecule has 0 saturated heterocycles. The van der Waals surface area contributed by atoms with Crippen molar-refractivity contribution in [3.63, 3.8) is 0 Å². The first-order valence-electron chi connectivity index (χ1n) is 4.12. The number of halogens is 1. The summed E-state index contributed by atoms with van der Waals surface area (Å²) in [5.41, 5.74) is 0.803. The fourth-order valence-corrected chi connectivity index (χ4v) is 1.03. The van der Waals surface area contributed by atoms with Gasteiger partial charge in [-0.2, -0.15) is 0 Å². The minimum Gasteiger partial charge on any atom is -0.395 e. The third-order valence-corrected chi connectivity index (χ3v) is 1.70. The number of pyridine rings is 1. The standard InChI is InChI=1S/C9H13FN2O/c1-12(4-5-13)7-9-3-2-8(10)6-11-9/h2-3,6,13H,4-5,7H2,1H3. The molecule has 0 radical (unpaired) electrons. The molecule has 0 aliphatic heterocycles. The SMILES string of the molecule is CN(CCO)Cc1ccc(F)cn1. The van der Waals surface area contributed by atoms with Gasteiger partial charge in [-0.1, -0.05) is 0 Å². The normalized spacial score (nSPS) is 10.8. The van der Waals surface area contributed by atoms with Crippen LogP contribution in [-0.4, -0.2) is 35.2 Å². The number of aliphatic hydroxyl groups is 1. The molecule has 1 aromatic rings. The maximum atomic E-state index is 12.5. The van der Waals surface area contributed by atoms with E-state index in [0.29, 0.717) is 13.1 Å². The predicted molar refractivity (Wildman–Crippen MR) is 47.6 cm³/mol. The van der Waals surface area contributed by atoms with Crippen molar-refractivity contribution in [2.75, 3.05) is 20.2 Å². The van der Waals surface area contributed by atoms with Gasteiger partial charge in [0.15, 0.2) is 0 Å². The van der Waals surface area contributed by atoms with Gasteiger partial charge in [-0.15, -0.1) is 0 Å². The van der Waals surface area contributed by atoms with Crippen molar-refractivity contribution in [2.24, 2.45) is 0 Å². The van der Waals surface area contributed by atoms with Crippen molar-refractivity contribution >= 4 is 0 Å². The molecule has 1 heterocycles. The highest BCUT2D eigenvalue weighted by Crippen LogP contribution is 2.00. The lowest BCUT2D eigenvalue weighted by atomic mass is 10.3. The van der Waals surface area contributed by atoms with Gasteiger partial charge in [0.1, 0.15) is 5.82 Å². The molecule has 0 aliphatic rings. The molecular weight excluding hydrogens is 171 g/mol. The van der Waals surface area contributed by atoms with Crippen molar-refractivity contribution in [2.45, 2.75) is 6.54 Å². The number of nitrogens with zero attached hydrogens (tertiary/aromatic N) is 2. The molecule has 0 fully saturated rings. The van der Waals surface area contributed by atoms with Gasteiger partial charge in [-0.05, 0) is 19.2 Å². The molecule has 4 heteroatoms. The molecule has 3 nitrogen and oxygen atoms in total. The summed E-state index contributed by atoms with van der Waals surface area (Å²) in [7, 11) is 1.88. The molecule has 0 unspecified atom stereocenters. The summed E-state index contributed by atoms with van der Waals surface area (Å²) in [4.78, 5) is 5.82. The van der Waals surface area contributed by atoms with Crippen LogP contribution in [0.1, 0.15) is 5.69 Å². The Balaban J connectivity index is 2.49. The summed E-state index contributed by atoms with van der Waals surface area (Å²) in [6.07, 6.45) is 1.20. The Bertz CT molecular complexity index is 250. The largest absolute Gasteiger partial charge is 0.395 e. The van der Waals surface area contributed by atoms with Gasteiger partial charge in [0.05, 0.1) is 18.5 Å². The zero-order valence-electron chi connectivity index (χ0n) is 7.57. The lowest BCUT2D eigenvalue weighted by Gasteiger charge is -2.13. The van der Waals surface area contributed by atoms with E-state index in [9.17, 15) is 4.39 Å². The lowest BCUT2D eigenvalue weighted by Crippen LogP contribution is -2.21. The second kappa shape index (κ2) is 4.89. The Morgan fingerprint density at radius 1 is 1.54 bits per heavy atom. The zero-order valence-corrected chi connectivity index (χ0v) is 7.57. The minimum atomic E-state index is -0.325. The highest BCUT2D eigenvalue weighted by molar-refractivity contribution is 5.04. The summed E-state index contributed by atoms with van der Waals surface area (Å²) >= 11 is 0. The zero-order chi connectivity index (χ0) is 9.68. The van der Waals surface area contributed by atoms with Gasteiger partial charge in [0, 0.05) is 13.1 Å². The molecule has 0 saturated carbocycles. The Morgan fingerprint density at radius 3 is 2.85 bits per heavy atom. The molecule has 0 amide bonds. The number of rotatable bonds is 4. The first kappa shape index (κ1) is 10.1. The summed E-state index contributed by atoms with van der Waals surface area (Å²) in [6.45, 7) is 1.34. The van der Waals surface area contributed by atoms with Crippen LogP contribution in [0.2, 0.25) is 0 Å². The van der Waals surface area contributed by atoms with Gasteiger partial charge in [-0.25, -0.2) is 4.39 Å². The van der Waals surface area contributed by atoms with E-state index >= 15 is 0 Å². The number of aromatic nitrogens is 1. The maximum Gasteiger partial charge on any atom is 0.141 e. The fourth-order valence-electron chi connectivity index (χ4n) is 1.03. The van der Waals surface area contributed by atoms with Crippen molar-refractivity contribution in [3.8, 4) is 0 Å². The molecule has 13 heavy (non-hydrogen) atoms. The van der Waals surface area contributed by atoms with E-state index in [1.165, 1.54) is 12.3 Å². The average molecular weight is 184 g/mol.